The molecule has 35 heavy (non-hydrogen) atoms. The van der Waals surface area contributed by atoms with E-state index in [0.717, 1.165) is 64.2 Å². The van der Waals surface area contributed by atoms with Crippen LogP contribution < -0.4 is 0 Å². The fourth-order valence-corrected chi connectivity index (χ4v) is 3.59. The fourth-order valence-electron chi connectivity index (χ4n) is 3.23. The molecule has 0 aromatic heterocycles. The van der Waals surface area contributed by atoms with Crippen molar-refractivity contribution in [3.05, 3.63) is 24.3 Å². The van der Waals surface area contributed by atoms with Crippen molar-refractivity contribution in [2.75, 3.05) is 13.2 Å². The second-order valence-corrected chi connectivity index (χ2v) is 9.90. The minimum atomic E-state index is -4.73. The van der Waals surface area contributed by atoms with E-state index in [1.165, 1.54) is 6.42 Å². The van der Waals surface area contributed by atoms with Crippen LogP contribution in [0.1, 0.15) is 110 Å². The number of phosphoric acid groups is 1. The zero-order valence-corrected chi connectivity index (χ0v) is 22.6. The highest BCUT2D eigenvalue weighted by Gasteiger charge is 2.22. The molecule has 204 valence electrons. The van der Waals surface area contributed by atoms with Crippen LogP contribution in [0.4, 0.5) is 0 Å². The van der Waals surface area contributed by atoms with Crippen LogP contribution in [0.2, 0.25) is 0 Å². The molecule has 1 atom stereocenters. The summed E-state index contributed by atoms with van der Waals surface area (Å²) in [5, 5.41) is 0. The summed E-state index contributed by atoms with van der Waals surface area (Å²) in [6.45, 7) is 3.41. The maximum atomic E-state index is 12.1. The molecule has 0 aromatic rings. The molecule has 0 radical (unpaired) electrons. The Labute approximate surface area is 211 Å². The minimum Gasteiger partial charge on any atom is -0.462 e. The molecule has 0 rings (SSSR count). The average molecular weight is 519 g/mol. The summed E-state index contributed by atoms with van der Waals surface area (Å²) in [6, 6.07) is 0. The van der Waals surface area contributed by atoms with Gasteiger partial charge in [0.25, 0.3) is 0 Å². The Kier molecular flexibility index (Phi) is 22.0. The van der Waals surface area contributed by atoms with Crippen molar-refractivity contribution < 1.29 is 37.9 Å². The molecule has 0 aliphatic carbocycles. The number of carbonyl (C=O) groups is 2. The van der Waals surface area contributed by atoms with Crippen LogP contribution in [-0.2, 0) is 28.2 Å². The summed E-state index contributed by atoms with van der Waals surface area (Å²) < 4.78 is 25.8. The summed E-state index contributed by atoms with van der Waals surface area (Å²) in [5.74, 6) is -0.927. The van der Waals surface area contributed by atoms with Gasteiger partial charge >= 0.3 is 19.8 Å². The number of unbranched alkanes of at least 4 members (excludes halogenated alkanes) is 9. The molecule has 1 unspecified atom stereocenters. The molecule has 0 aliphatic rings. The van der Waals surface area contributed by atoms with Crippen molar-refractivity contribution in [2.45, 2.75) is 116 Å². The van der Waals surface area contributed by atoms with Gasteiger partial charge in [-0.15, -0.1) is 0 Å². The third-order valence-corrected chi connectivity index (χ3v) is 5.69. The number of carbonyl (C=O) groups excluding carboxylic acids is 2. The lowest BCUT2D eigenvalue weighted by Crippen LogP contribution is -2.29. The maximum absolute atomic E-state index is 12.1. The lowest BCUT2D eigenvalue weighted by molar-refractivity contribution is -0.161. The van der Waals surface area contributed by atoms with Gasteiger partial charge in [-0.05, 0) is 38.5 Å². The predicted molar refractivity (Wildman–Crippen MR) is 138 cm³/mol. The zero-order chi connectivity index (χ0) is 26.2. The SMILES string of the molecule is CCC/C=C\C/C=C\CCCCCCCC(=O)OC(COC(=O)CCCCCC)COP(=O)(O)O. The van der Waals surface area contributed by atoms with Crippen LogP contribution in [-0.4, -0.2) is 41.0 Å². The normalized spacial score (nSPS) is 12.9. The van der Waals surface area contributed by atoms with Gasteiger partial charge in [-0.25, -0.2) is 4.57 Å². The van der Waals surface area contributed by atoms with Gasteiger partial charge in [0.05, 0.1) is 6.61 Å². The second kappa shape index (κ2) is 23.0. The molecule has 0 saturated carbocycles. The molecule has 0 amide bonds. The molecule has 0 aliphatic heterocycles. The first-order valence-corrected chi connectivity index (χ1v) is 14.7. The minimum absolute atomic E-state index is 0.196. The Morgan fingerprint density at radius 3 is 2.00 bits per heavy atom. The van der Waals surface area contributed by atoms with Gasteiger partial charge in [0, 0.05) is 12.8 Å². The summed E-state index contributed by atoms with van der Waals surface area (Å²) in [7, 11) is -4.73. The zero-order valence-electron chi connectivity index (χ0n) is 21.7. The van der Waals surface area contributed by atoms with E-state index in [4.69, 9.17) is 19.3 Å². The van der Waals surface area contributed by atoms with Gasteiger partial charge in [-0.2, -0.15) is 0 Å². The van der Waals surface area contributed by atoms with Crippen molar-refractivity contribution in [1.82, 2.24) is 0 Å². The lowest BCUT2D eigenvalue weighted by atomic mass is 10.1. The first-order chi connectivity index (χ1) is 16.8. The van der Waals surface area contributed by atoms with E-state index in [1.54, 1.807) is 0 Å². The van der Waals surface area contributed by atoms with Gasteiger partial charge in [0.2, 0.25) is 0 Å². The Balaban J connectivity index is 4.08. The molecule has 0 saturated heterocycles. The molecule has 0 heterocycles. The smallest absolute Gasteiger partial charge is 0.462 e. The van der Waals surface area contributed by atoms with E-state index in [0.29, 0.717) is 12.8 Å². The van der Waals surface area contributed by atoms with Crippen molar-refractivity contribution >= 4 is 19.8 Å². The Morgan fingerprint density at radius 2 is 1.34 bits per heavy atom. The number of ether oxygens (including phenoxy) is 2. The molecular formula is C26H47O8P. The number of esters is 2. The second-order valence-electron chi connectivity index (χ2n) is 8.67. The van der Waals surface area contributed by atoms with Crippen LogP contribution in [0.3, 0.4) is 0 Å². The molecule has 2 N–H and O–H groups in total. The van der Waals surface area contributed by atoms with Crippen molar-refractivity contribution in [3.8, 4) is 0 Å². The summed E-state index contributed by atoms with van der Waals surface area (Å²) in [4.78, 5) is 41.8. The van der Waals surface area contributed by atoms with Crippen LogP contribution in [0, 0.1) is 0 Å². The molecule has 0 bridgehead atoms. The number of allylic oxidation sites excluding steroid dienone is 4. The highest BCUT2D eigenvalue weighted by atomic mass is 31.2. The highest BCUT2D eigenvalue weighted by molar-refractivity contribution is 7.46. The van der Waals surface area contributed by atoms with Gasteiger partial charge in [0.1, 0.15) is 6.61 Å². The largest absolute Gasteiger partial charge is 0.469 e. The van der Waals surface area contributed by atoms with Gasteiger partial charge in [-0.3, -0.25) is 14.1 Å². The standard InChI is InChI=1S/C26H47O8P/c1-3-5-7-9-10-11-12-13-14-15-16-17-19-21-26(28)34-24(23-33-35(29,30)31)22-32-25(27)20-18-8-6-4-2/h7,9,11-12,24H,3-6,8,10,13-23H2,1-2H3,(H2,29,30,31)/b9-7-,12-11-. The summed E-state index contributed by atoms with van der Waals surface area (Å²) >= 11 is 0. The first-order valence-electron chi connectivity index (χ1n) is 13.1. The van der Waals surface area contributed by atoms with Gasteiger partial charge < -0.3 is 19.3 Å². The topological polar surface area (TPSA) is 119 Å². The van der Waals surface area contributed by atoms with E-state index in [-0.39, 0.29) is 19.4 Å². The predicted octanol–water partition coefficient (Wildman–Crippen LogP) is 6.55. The summed E-state index contributed by atoms with van der Waals surface area (Å²) in [5.41, 5.74) is 0. The third kappa shape index (κ3) is 25.4. The van der Waals surface area contributed by atoms with Crippen LogP contribution in [0.25, 0.3) is 0 Å². The Morgan fingerprint density at radius 1 is 0.743 bits per heavy atom. The van der Waals surface area contributed by atoms with Crippen LogP contribution >= 0.6 is 7.82 Å². The van der Waals surface area contributed by atoms with Crippen molar-refractivity contribution in [2.24, 2.45) is 0 Å². The van der Waals surface area contributed by atoms with E-state index in [9.17, 15) is 14.2 Å². The Bertz CT molecular complexity index is 641. The number of phosphoric ester groups is 1. The molecule has 8 nitrogen and oxygen atoms in total. The monoisotopic (exact) mass is 518 g/mol. The lowest BCUT2D eigenvalue weighted by Gasteiger charge is -2.18. The average Bonchev–Trinajstić information content (AvgIpc) is 2.81. The number of hydrogen-bond donors (Lipinski definition) is 2. The van der Waals surface area contributed by atoms with Crippen LogP contribution in [0.5, 0.6) is 0 Å². The van der Waals surface area contributed by atoms with Gasteiger partial charge in [0.15, 0.2) is 6.10 Å². The van der Waals surface area contributed by atoms with E-state index in [2.05, 4.69) is 42.7 Å². The maximum Gasteiger partial charge on any atom is 0.469 e. The summed E-state index contributed by atoms with van der Waals surface area (Å²) in [6.07, 6.45) is 21.1. The Hall–Kier alpha value is -1.47. The molecule has 0 fully saturated rings. The fraction of sp³-hybridized carbons (Fsp3) is 0.769. The van der Waals surface area contributed by atoms with Gasteiger partial charge in [-0.1, -0.05) is 83.1 Å². The van der Waals surface area contributed by atoms with E-state index < -0.39 is 32.5 Å². The van der Waals surface area contributed by atoms with Crippen LogP contribution in [0.15, 0.2) is 24.3 Å². The highest BCUT2D eigenvalue weighted by Crippen LogP contribution is 2.35. The quantitative estimate of drug-likeness (QED) is 0.0676. The van der Waals surface area contributed by atoms with E-state index in [1.807, 2.05) is 0 Å². The molecular weight excluding hydrogens is 471 g/mol. The van der Waals surface area contributed by atoms with Crippen molar-refractivity contribution in [3.63, 3.8) is 0 Å². The molecule has 0 spiro atoms. The molecule has 0 aromatic carbocycles. The van der Waals surface area contributed by atoms with E-state index >= 15 is 0 Å². The van der Waals surface area contributed by atoms with Crippen molar-refractivity contribution in [1.29, 1.82) is 0 Å². The number of rotatable bonds is 23. The third-order valence-electron chi connectivity index (χ3n) is 5.20. The molecule has 9 heteroatoms. The first kappa shape index (κ1) is 33.5. The number of hydrogen-bond acceptors (Lipinski definition) is 6.